The van der Waals surface area contributed by atoms with E-state index < -0.39 is 0 Å². The maximum atomic E-state index is 13.0. The Balaban J connectivity index is 1.51. The van der Waals surface area contributed by atoms with E-state index in [0.717, 1.165) is 35.3 Å². The van der Waals surface area contributed by atoms with Crippen molar-refractivity contribution in [1.29, 1.82) is 0 Å². The Morgan fingerprint density at radius 1 is 1.10 bits per heavy atom. The number of benzene rings is 2. The minimum absolute atomic E-state index is 0.0712. The van der Waals surface area contributed by atoms with Gasteiger partial charge in [0.1, 0.15) is 11.6 Å². The second-order valence-corrected chi connectivity index (χ2v) is 7.56. The molecule has 2 N–H and O–H groups in total. The van der Waals surface area contributed by atoms with Gasteiger partial charge in [0.25, 0.3) is 5.91 Å². The van der Waals surface area contributed by atoms with Crippen LogP contribution in [0.2, 0.25) is 0 Å². The molecular weight excluding hydrogens is 376 g/mol. The number of pyridine rings is 1. The summed E-state index contributed by atoms with van der Waals surface area (Å²) >= 11 is 0. The summed E-state index contributed by atoms with van der Waals surface area (Å²) in [6, 6.07) is 17.2. The average Bonchev–Trinajstić information content (AvgIpc) is 3.30. The van der Waals surface area contributed by atoms with Crippen LogP contribution in [0, 0.1) is 0 Å². The number of anilines is 2. The van der Waals surface area contributed by atoms with Crippen LogP contribution in [0.4, 0.5) is 11.5 Å². The fourth-order valence-electron chi connectivity index (χ4n) is 3.92. The lowest BCUT2D eigenvalue weighted by Crippen LogP contribution is -2.28. The number of nitrogens with zero attached hydrogens (tertiary/aromatic N) is 2. The first kappa shape index (κ1) is 20.2. The summed E-state index contributed by atoms with van der Waals surface area (Å²) in [5.74, 6) is 1.26. The SMILES string of the molecule is COc1ccccc1Nc1cc(C(=O)NCCCN2CCCC2)c2ccccc2n1. The van der Waals surface area contributed by atoms with E-state index in [-0.39, 0.29) is 5.91 Å². The van der Waals surface area contributed by atoms with Crippen molar-refractivity contribution in [1.82, 2.24) is 15.2 Å². The topological polar surface area (TPSA) is 66.5 Å². The molecule has 3 aromatic rings. The Bertz CT molecular complexity index is 1020. The summed E-state index contributed by atoms with van der Waals surface area (Å²) in [6.07, 6.45) is 3.54. The third-order valence-corrected chi connectivity index (χ3v) is 5.47. The number of ether oxygens (including phenoxy) is 1. The molecule has 0 radical (unpaired) electrons. The zero-order valence-electron chi connectivity index (χ0n) is 17.4. The highest BCUT2D eigenvalue weighted by Gasteiger charge is 2.15. The van der Waals surface area contributed by atoms with Gasteiger partial charge in [-0.05, 0) is 63.2 Å². The predicted molar refractivity (Wildman–Crippen MR) is 121 cm³/mol. The molecule has 1 amide bonds. The van der Waals surface area contributed by atoms with Crippen LogP contribution in [0.3, 0.4) is 0 Å². The van der Waals surface area contributed by atoms with Gasteiger partial charge < -0.3 is 20.3 Å². The first-order valence-electron chi connectivity index (χ1n) is 10.5. The summed E-state index contributed by atoms with van der Waals surface area (Å²) in [7, 11) is 1.63. The maximum Gasteiger partial charge on any atom is 0.252 e. The standard InChI is InChI=1S/C24H28N4O2/c1-30-22-12-5-4-11-21(22)27-23-17-19(18-9-2-3-10-20(18)26-23)24(29)25-13-8-16-28-14-6-7-15-28/h2-5,9-12,17H,6-8,13-16H2,1H3,(H,25,29)(H,26,27). The van der Waals surface area contributed by atoms with Crippen molar-refractivity contribution in [3.63, 3.8) is 0 Å². The van der Waals surface area contributed by atoms with Crippen molar-refractivity contribution in [2.45, 2.75) is 19.3 Å². The molecule has 0 spiro atoms. The van der Waals surface area contributed by atoms with Gasteiger partial charge in [-0.3, -0.25) is 4.79 Å². The van der Waals surface area contributed by atoms with Crippen LogP contribution in [-0.2, 0) is 0 Å². The third kappa shape index (κ3) is 4.71. The van der Waals surface area contributed by atoms with Crippen molar-refractivity contribution < 1.29 is 9.53 Å². The molecule has 0 unspecified atom stereocenters. The van der Waals surface area contributed by atoms with E-state index in [1.165, 1.54) is 25.9 Å². The molecule has 1 aromatic heterocycles. The monoisotopic (exact) mass is 404 g/mol. The molecule has 30 heavy (non-hydrogen) atoms. The predicted octanol–water partition coefficient (Wildman–Crippen LogP) is 4.20. The largest absolute Gasteiger partial charge is 0.495 e. The number of likely N-dealkylation sites (tertiary alicyclic amines) is 1. The van der Waals surface area contributed by atoms with Gasteiger partial charge in [-0.15, -0.1) is 0 Å². The van der Waals surface area contributed by atoms with Crippen molar-refractivity contribution in [2.75, 3.05) is 38.6 Å². The summed E-state index contributed by atoms with van der Waals surface area (Å²) in [6.45, 7) is 4.07. The number of rotatable bonds is 8. The highest BCUT2D eigenvalue weighted by molar-refractivity contribution is 6.07. The molecule has 1 aliphatic rings. The van der Waals surface area contributed by atoms with E-state index in [1.807, 2.05) is 54.6 Å². The lowest BCUT2D eigenvalue weighted by atomic mass is 10.1. The molecule has 0 aliphatic carbocycles. The van der Waals surface area contributed by atoms with Gasteiger partial charge in [0.2, 0.25) is 0 Å². The molecule has 0 atom stereocenters. The molecule has 6 heteroatoms. The lowest BCUT2D eigenvalue weighted by Gasteiger charge is -2.15. The van der Waals surface area contributed by atoms with Gasteiger partial charge >= 0.3 is 0 Å². The average molecular weight is 405 g/mol. The molecule has 156 valence electrons. The molecule has 6 nitrogen and oxygen atoms in total. The third-order valence-electron chi connectivity index (χ3n) is 5.47. The van der Waals surface area contributed by atoms with Crippen LogP contribution >= 0.6 is 0 Å². The molecule has 1 fully saturated rings. The minimum Gasteiger partial charge on any atom is -0.495 e. The van der Waals surface area contributed by atoms with E-state index in [2.05, 4.69) is 20.5 Å². The van der Waals surface area contributed by atoms with E-state index >= 15 is 0 Å². The zero-order valence-corrected chi connectivity index (χ0v) is 17.4. The van der Waals surface area contributed by atoms with Gasteiger partial charge in [-0.25, -0.2) is 4.98 Å². The number of carbonyl (C=O) groups excluding carboxylic acids is 1. The molecular formula is C24H28N4O2. The minimum atomic E-state index is -0.0712. The number of carbonyl (C=O) groups is 1. The van der Waals surface area contributed by atoms with E-state index in [0.29, 0.717) is 17.9 Å². The van der Waals surface area contributed by atoms with E-state index in [9.17, 15) is 4.79 Å². The molecule has 4 rings (SSSR count). The lowest BCUT2D eigenvalue weighted by molar-refractivity contribution is 0.0953. The second kappa shape index (κ2) is 9.59. The molecule has 0 saturated carbocycles. The van der Waals surface area contributed by atoms with Crippen molar-refractivity contribution in [3.05, 3.63) is 60.2 Å². The van der Waals surface area contributed by atoms with Gasteiger partial charge in [-0.2, -0.15) is 0 Å². The second-order valence-electron chi connectivity index (χ2n) is 7.56. The number of aromatic nitrogens is 1. The number of fused-ring (bicyclic) bond motifs is 1. The Morgan fingerprint density at radius 3 is 2.70 bits per heavy atom. The van der Waals surface area contributed by atoms with E-state index in [1.54, 1.807) is 7.11 Å². The fraction of sp³-hybridized carbons (Fsp3) is 0.333. The van der Waals surface area contributed by atoms with Crippen LogP contribution < -0.4 is 15.4 Å². The number of hydrogen-bond acceptors (Lipinski definition) is 5. The van der Waals surface area contributed by atoms with Crippen molar-refractivity contribution >= 4 is 28.3 Å². The highest BCUT2D eigenvalue weighted by atomic mass is 16.5. The number of hydrogen-bond donors (Lipinski definition) is 2. The van der Waals surface area contributed by atoms with Crippen LogP contribution in [0.5, 0.6) is 5.75 Å². The number of methoxy groups -OCH3 is 1. The first-order valence-corrected chi connectivity index (χ1v) is 10.5. The van der Waals surface area contributed by atoms with Gasteiger partial charge in [-0.1, -0.05) is 30.3 Å². The first-order chi connectivity index (χ1) is 14.7. The van der Waals surface area contributed by atoms with Gasteiger partial charge in [0.05, 0.1) is 23.9 Å². The van der Waals surface area contributed by atoms with E-state index in [4.69, 9.17) is 4.74 Å². The fourth-order valence-corrected chi connectivity index (χ4v) is 3.92. The molecule has 2 heterocycles. The Labute approximate surface area is 177 Å². The quantitative estimate of drug-likeness (QED) is 0.551. The smallest absolute Gasteiger partial charge is 0.252 e. The van der Waals surface area contributed by atoms with Crippen LogP contribution in [0.1, 0.15) is 29.6 Å². The van der Waals surface area contributed by atoms with Crippen LogP contribution in [-0.4, -0.2) is 49.1 Å². The Hall–Kier alpha value is -3.12. The summed E-state index contributed by atoms with van der Waals surface area (Å²) in [5, 5.41) is 7.22. The number of amides is 1. The zero-order chi connectivity index (χ0) is 20.8. The Morgan fingerprint density at radius 2 is 1.87 bits per heavy atom. The normalized spacial score (nSPS) is 14.0. The van der Waals surface area contributed by atoms with Crippen LogP contribution in [0.15, 0.2) is 54.6 Å². The highest BCUT2D eigenvalue weighted by Crippen LogP contribution is 2.28. The molecule has 2 aromatic carbocycles. The maximum absolute atomic E-state index is 13.0. The van der Waals surface area contributed by atoms with Crippen molar-refractivity contribution in [3.8, 4) is 5.75 Å². The Kier molecular flexibility index (Phi) is 6.44. The summed E-state index contributed by atoms with van der Waals surface area (Å²) in [4.78, 5) is 20.1. The summed E-state index contributed by atoms with van der Waals surface area (Å²) < 4.78 is 5.42. The summed E-state index contributed by atoms with van der Waals surface area (Å²) in [5.41, 5.74) is 2.21. The molecule has 1 saturated heterocycles. The van der Waals surface area contributed by atoms with Gasteiger partial charge in [0.15, 0.2) is 0 Å². The van der Waals surface area contributed by atoms with Gasteiger partial charge in [0, 0.05) is 11.9 Å². The number of nitrogens with one attached hydrogen (secondary N) is 2. The van der Waals surface area contributed by atoms with Crippen molar-refractivity contribution in [2.24, 2.45) is 0 Å². The molecule has 0 bridgehead atoms. The molecule has 1 aliphatic heterocycles. The van der Waals surface area contributed by atoms with Crippen LogP contribution in [0.25, 0.3) is 10.9 Å². The number of para-hydroxylation sites is 3.